The molecule has 1 aliphatic carbocycles. The fourth-order valence-corrected chi connectivity index (χ4v) is 1.54. The van der Waals surface area contributed by atoms with E-state index in [4.69, 9.17) is 0 Å². The highest BCUT2D eigenvalue weighted by atomic mass is 19.4. The zero-order valence-electron chi connectivity index (χ0n) is 8.37. The van der Waals surface area contributed by atoms with Gasteiger partial charge in [0.15, 0.2) is 6.29 Å². The highest BCUT2D eigenvalue weighted by Crippen LogP contribution is 2.33. The van der Waals surface area contributed by atoms with Gasteiger partial charge in [0.2, 0.25) is 0 Å². The van der Waals surface area contributed by atoms with Gasteiger partial charge in [-0.1, -0.05) is 5.21 Å². The van der Waals surface area contributed by atoms with Crippen molar-refractivity contribution in [2.24, 2.45) is 5.92 Å². The number of halogens is 3. The highest BCUT2D eigenvalue weighted by Gasteiger charge is 2.32. The molecule has 0 N–H and O–H groups in total. The molecule has 0 atom stereocenters. The summed E-state index contributed by atoms with van der Waals surface area (Å²) >= 11 is 0. The summed E-state index contributed by atoms with van der Waals surface area (Å²) in [6.45, 7) is -1.18. The Morgan fingerprint density at radius 2 is 2.12 bits per heavy atom. The Morgan fingerprint density at radius 1 is 1.44 bits per heavy atom. The van der Waals surface area contributed by atoms with Gasteiger partial charge in [0, 0.05) is 0 Å². The number of nitrogens with zero attached hydrogens (tertiary/aromatic N) is 3. The average Bonchev–Trinajstić information content (AvgIpc) is 2.90. The Bertz CT molecular complexity index is 395. The minimum atomic E-state index is -4.34. The Labute approximate surface area is 89.4 Å². The van der Waals surface area contributed by atoms with E-state index in [-0.39, 0.29) is 5.69 Å². The van der Waals surface area contributed by atoms with Crippen molar-refractivity contribution in [3.63, 3.8) is 0 Å². The van der Waals surface area contributed by atoms with Gasteiger partial charge in [0.1, 0.15) is 12.2 Å². The van der Waals surface area contributed by atoms with Crippen LogP contribution in [0, 0.1) is 5.92 Å². The zero-order valence-corrected chi connectivity index (χ0v) is 8.37. The third kappa shape index (κ3) is 2.59. The summed E-state index contributed by atoms with van der Waals surface area (Å²) in [5.74, 6) is 0.379. The normalized spacial score (nSPS) is 16.4. The first-order chi connectivity index (χ1) is 7.49. The molecular formula is C9H10F3N3O. The molecule has 0 unspecified atom stereocenters. The number of carbonyl (C=O) groups excluding carboxylic acids is 1. The second kappa shape index (κ2) is 3.88. The van der Waals surface area contributed by atoms with Crippen LogP contribution in [0.2, 0.25) is 0 Å². The molecule has 1 aromatic rings. The Kier molecular flexibility index (Phi) is 2.69. The molecule has 0 spiro atoms. The summed E-state index contributed by atoms with van der Waals surface area (Å²) in [5, 5.41) is 6.81. The molecule has 0 aliphatic heterocycles. The van der Waals surface area contributed by atoms with Crippen molar-refractivity contribution in [1.29, 1.82) is 0 Å². The van der Waals surface area contributed by atoms with Crippen LogP contribution in [-0.4, -0.2) is 27.5 Å². The molecule has 7 heteroatoms. The van der Waals surface area contributed by atoms with E-state index in [1.54, 1.807) is 0 Å². The Hall–Kier alpha value is -1.40. The third-order valence-corrected chi connectivity index (χ3v) is 2.49. The minimum Gasteiger partial charge on any atom is -0.296 e. The zero-order chi connectivity index (χ0) is 11.8. The van der Waals surface area contributed by atoms with Crippen LogP contribution in [0.5, 0.6) is 0 Å². The lowest BCUT2D eigenvalue weighted by atomic mass is 10.2. The van der Waals surface area contributed by atoms with Gasteiger partial charge in [0.05, 0.1) is 5.69 Å². The summed E-state index contributed by atoms with van der Waals surface area (Å²) in [6.07, 6.45) is -1.44. The van der Waals surface area contributed by atoms with Crippen LogP contribution in [0.4, 0.5) is 13.2 Å². The van der Waals surface area contributed by atoms with Crippen molar-refractivity contribution in [3.8, 4) is 0 Å². The summed E-state index contributed by atoms with van der Waals surface area (Å²) in [6, 6.07) is 0. The second-order valence-electron chi connectivity index (χ2n) is 3.96. The van der Waals surface area contributed by atoms with E-state index in [1.807, 2.05) is 0 Å². The number of hydrogen-bond donors (Lipinski definition) is 0. The Morgan fingerprint density at radius 3 is 2.62 bits per heavy atom. The fourth-order valence-electron chi connectivity index (χ4n) is 1.54. The molecule has 88 valence electrons. The first-order valence-electron chi connectivity index (χ1n) is 4.94. The molecule has 0 saturated heterocycles. The molecule has 16 heavy (non-hydrogen) atoms. The quantitative estimate of drug-likeness (QED) is 0.742. The minimum absolute atomic E-state index is 0.0242. The van der Waals surface area contributed by atoms with Crippen molar-refractivity contribution in [2.75, 3.05) is 0 Å². The lowest BCUT2D eigenvalue weighted by Crippen LogP contribution is -2.21. The maximum absolute atomic E-state index is 12.2. The molecule has 1 aromatic heterocycles. The monoisotopic (exact) mass is 233 g/mol. The standard InChI is InChI=1S/C9H10F3N3O/c10-9(11,12)5-15-8(3-6-1-2-6)7(4-16)13-14-15/h4,6H,1-3,5H2. The van der Waals surface area contributed by atoms with Crippen LogP contribution in [0.25, 0.3) is 0 Å². The SMILES string of the molecule is O=Cc1nnn(CC(F)(F)F)c1CC1CC1. The van der Waals surface area contributed by atoms with Crippen LogP contribution < -0.4 is 0 Å². The van der Waals surface area contributed by atoms with Gasteiger partial charge in [-0.25, -0.2) is 4.68 Å². The highest BCUT2D eigenvalue weighted by molar-refractivity contribution is 5.73. The molecule has 1 aliphatic rings. The van der Waals surface area contributed by atoms with Gasteiger partial charge in [-0.3, -0.25) is 4.79 Å². The Balaban J connectivity index is 2.21. The van der Waals surface area contributed by atoms with Crippen molar-refractivity contribution in [2.45, 2.75) is 32.0 Å². The molecule has 0 aromatic carbocycles. The molecule has 4 nitrogen and oxygen atoms in total. The maximum atomic E-state index is 12.2. The first-order valence-corrected chi connectivity index (χ1v) is 4.94. The lowest BCUT2D eigenvalue weighted by Gasteiger charge is -2.08. The largest absolute Gasteiger partial charge is 0.408 e. The number of aromatic nitrogens is 3. The molecule has 0 bridgehead atoms. The van der Waals surface area contributed by atoms with Crippen LogP contribution >= 0.6 is 0 Å². The van der Waals surface area contributed by atoms with Crippen molar-refractivity contribution < 1.29 is 18.0 Å². The van der Waals surface area contributed by atoms with Gasteiger partial charge in [-0.05, 0) is 25.2 Å². The van der Waals surface area contributed by atoms with Crippen LogP contribution in [0.1, 0.15) is 29.0 Å². The van der Waals surface area contributed by atoms with E-state index in [0.717, 1.165) is 17.5 Å². The molecule has 1 fully saturated rings. The summed E-state index contributed by atoms with van der Waals surface area (Å²) < 4.78 is 37.4. The average molecular weight is 233 g/mol. The van der Waals surface area contributed by atoms with E-state index < -0.39 is 12.7 Å². The fraction of sp³-hybridized carbons (Fsp3) is 0.667. The van der Waals surface area contributed by atoms with Gasteiger partial charge < -0.3 is 0 Å². The van der Waals surface area contributed by atoms with Crippen molar-refractivity contribution >= 4 is 6.29 Å². The topological polar surface area (TPSA) is 47.8 Å². The molecule has 1 heterocycles. The van der Waals surface area contributed by atoms with Crippen molar-refractivity contribution in [3.05, 3.63) is 11.4 Å². The number of carbonyl (C=O) groups is 1. The van der Waals surface area contributed by atoms with E-state index in [0.29, 0.717) is 24.3 Å². The van der Waals surface area contributed by atoms with Gasteiger partial charge in [-0.2, -0.15) is 13.2 Å². The van der Waals surface area contributed by atoms with E-state index in [9.17, 15) is 18.0 Å². The van der Waals surface area contributed by atoms with Crippen LogP contribution in [0.3, 0.4) is 0 Å². The third-order valence-electron chi connectivity index (χ3n) is 2.49. The summed E-state index contributed by atoms with van der Waals surface area (Å²) in [4.78, 5) is 10.6. The van der Waals surface area contributed by atoms with Crippen LogP contribution in [-0.2, 0) is 13.0 Å². The van der Waals surface area contributed by atoms with Crippen LogP contribution in [0.15, 0.2) is 0 Å². The van der Waals surface area contributed by atoms with E-state index in [2.05, 4.69) is 10.3 Å². The molecule has 0 amide bonds. The molecule has 0 radical (unpaired) electrons. The number of rotatable bonds is 4. The van der Waals surface area contributed by atoms with Crippen molar-refractivity contribution in [1.82, 2.24) is 15.0 Å². The van der Waals surface area contributed by atoms with E-state index in [1.165, 1.54) is 0 Å². The predicted octanol–water partition coefficient (Wildman–Crippen LogP) is 1.61. The molecule has 2 rings (SSSR count). The predicted molar refractivity (Wildman–Crippen MR) is 47.9 cm³/mol. The second-order valence-corrected chi connectivity index (χ2v) is 3.96. The number of hydrogen-bond acceptors (Lipinski definition) is 3. The maximum Gasteiger partial charge on any atom is 0.408 e. The lowest BCUT2D eigenvalue weighted by molar-refractivity contribution is -0.143. The molecule has 1 saturated carbocycles. The summed E-state index contributed by atoms with van der Waals surface area (Å²) in [5.41, 5.74) is 0.325. The van der Waals surface area contributed by atoms with E-state index >= 15 is 0 Å². The summed E-state index contributed by atoms with van der Waals surface area (Å²) in [7, 11) is 0. The van der Waals surface area contributed by atoms with Gasteiger partial charge >= 0.3 is 6.18 Å². The molecular weight excluding hydrogens is 223 g/mol. The number of aldehydes is 1. The van der Waals surface area contributed by atoms with Gasteiger partial charge in [0.25, 0.3) is 0 Å². The first kappa shape index (κ1) is 11.1. The van der Waals surface area contributed by atoms with Gasteiger partial charge in [-0.15, -0.1) is 5.10 Å². The number of alkyl halides is 3. The smallest absolute Gasteiger partial charge is 0.296 e.